The van der Waals surface area contributed by atoms with Crippen LogP contribution in [0.3, 0.4) is 0 Å². The molecule has 118 valence electrons. The van der Waals surface area contributed by atoms with Gasteiger partial charge in [-0.25, -0.2) is 9.18 Å². The van der Waals surface area contributed by atoms with E-state index in [1.165, 1.54) is 0 Å². The Hall–Kier alpha value is -1.84. The minimum Gasteiger partial charge on any atom is -0.478 e. The molecule has 21 heavy (non-hydrogen) atoms. The van der Waals surface area contributed by atoms with Crippen molar-refractivity contribution in [2.75, 3.05) is 0 Å². The Morgan fingerprint density at radius 2 is 1.67 bits per heavy atom. The van der Waals surface area contributed by atoms with Crippen LogP contribution in [-0.2, 0) is 11.3 Å². The SMILES string of the molecule is O=C(O)c1ccc(F)c(COC(C(F)(F)F)C(F)(F)F)c1. The van der Waals surface area contributed by atoms with Gasteiger partial charge in [-0.3, -0.25) is 0 Å². The van der Waals surface area contributed by atoms with Crippen molar-refractivity contribution in [1.82, 2.24) is 0 Å². The molecule has 1 N–H and O–H groups in total. The number of hydrogen-bond acceptors (Lipinski definition) is 2. The molecule has 1 aromatic rings. The Morgan fingerprint density at radius 3 is 2.10 bits per heavy atom. The van der Waals surface area contributed by atoms with Crippen LogP contribution in [0.5, 0.6) is 0 Å². The van der Waals surface area contributed by atoms with Crippen LogP contribution in [0.1, 0.15) is 15.9 Å². The second-order valence-corrected chi connectivity index (χ2v) is 3.89. The van der Waals surface area contributed by atoms with Gasteiger partial charge in [0, 0.05) is 5.56 Å². The number of benzene rings is 1. The van der Waals surface area contributed by atoms with Gasteiger partial charge >= 0.3 is 18.3 Å². The number of halogens is 7. The quantitative estimate of drug-likeness (QED) is 0.863. The van der Waals surface area contributed by atoms with Crippen LogP contribution in [0.4, 0.5) is 30.7 Å². The Balaban J connectivity index is 2.96. The second-order valence-electron chi connectivity index (χ2n) is 3.89. The minimum atomic E-state index is -5.72. The molecule has 0 heterocycles. The lowest BCUT2D eigenvalue weighted by Gasteiger charge is -2.23. The lowest BCUT2D eigenvalue weighted by atomic mass is 10.1. The van der Waals surface area contributed by atoms with Gasteiger partial charge in [0.05, 0.1) is 12.2 Å². The molecule has 1 rings (SSSR count). The van der Waals surface area contributed by atoms with Gasteiger partial charge in [0.1, 0.15) is 5.82 Å². The van der Waals surface area contributed by atoms with E-state index in [0.29, 0.717) is 12.1 Å². The zero-order chi connectivity index (χ0) is 16.4. The van der Waals surface area contributed by atoms with Crippen LogP contribution >= 0.6 is 0 Å². The first kappa shape index (κ1) is 17.2. The van der Waals surface area contributed by atoms with Crippen LogP contribution < -0.4 is 0 Å². The summed E-state index contributed by atoms with van der Waals surface area (Å²) in [4.78, 5) is 10.6. The number of carbonyl (C=O) groups is 1. The third-order valence-corrected chi connectivity index (χ3v) is 2.29. The maximum atomic E-state index is 13.2. The Bertz CT molecular complexity index is 508. The average molecular weight is 320 g/mol. The van der Waals surface area contributed by atoms with Crippen molar-refractivity contribution in [3.63, 3.8) is 0 Å². The molecular weight excluding hydrogens is 313 g/mol. The fourth-order valence-electron chi connectivity index (χ4n) is 1.37. The normalized spacial score (nSPS) is 12.8. The molecule has 0 aromatic heterocycles. The monoisotopic (exact) mass is 320 g/mol. The molecule has 0 aliphatic rings. The van der Waals surface area contributed by atoms with E-state index >= 15 is 0 Å². The molecule has 10 heteroatoms. The molecule has 0 amide bonds. The number of rotatable bonds is 4. The fraction of sp³-hybridized carbons (Fsp3) is 0.364. The van der Waals surface area contributed by atoms with Gasteiger partial charge in [-0.1, -0.05) is 0 Å². The highest BCUT2D eigenvalue weighted by Crippen LogP contribution is 2.36. The van der Waals surface area contributed by atoms with Crippen LogP contribution in [0.2, 0.25) is 0 Å². The summed E-state index contributed by atoms with van der Waals surface area (Å²) in [5.41, 5.74) is -1.22. The molecule has 0 unspecified atom stereocenters. The third kappa shape index (κ3) is 4.59. The summed E-state index contributed by atoms with van der Waals surface area (Å²) < 4.78 is 90.1. The minimum absolute atomic E-state index is 0.495. The third-order valence-electron chi connectivity index (χ3n) is 2.29. The molecule has 0 atom stereocenters. The van der Waals surface area contributed by atoms with Gasteiger partial charge < -0.3 is 9.84 Å². The van der Waals surface area contributed by atoms with E-state index in [1.54, 1.807) is 0 Å². The summed E-state index contributed by atoms with van der Waals surface area (Å²) >= 11 is 0. The highest BCUT2D eigenvalue weighted by Gasteiger charge is 2.58. The summed E-state index contributed by atoms with van der Waals surface area (Å²) in [6.45, 7) is -1.38. The molecule has 0 spiro atoms. The van der Waals surface area contributed by atoms with E-state index < -0.39 is 48.0 Å². The number of aromatic carboxylic acids is 1. The number of alkyl halides is 6. The van der Waals surface area contributed by atoms with Crippen molar-refractivity contribution in [2.45, 2.75) is 25.1 Å². The molecular formula is C11H7F7O3. The zero-order valence-electron chi connectivity index (χ0n) is 9.93. The number of carboxylic acid groups (broad SMARTS) is 1. The van der Waals surface area contributed by atoms with Crippen molar-refractivity contribution in [3.8, 4) is 0 Å². The summed E-state index contributed by atoms with van der Waals surface area (Å²) in [5.74, 6) is -2.69. The van der Waals surface area contributed by atoms with Crippen molar-refractivity contribution in [2.24, 2.45) is 0 Å². The maximum Gasteiger partial charge on any atom is 0.423 e. The molecule has 0 radical (unpaired) electrons. The number of carboxylic acids is 1. The van der Waals surface area contributed by atoms with Gasteiger partial charge in [-0.05, 0) is 18.2 Å². The molecule has 0 bridgehead atoms. The van der Waals surface area contributed by atoms with Gasteiger partial charge in [0.2, 0.25) is 6.10 Å². The molecule has 3 nitrogen and oxygen atoms in total. The van der Waals surface area contributed by atoms with E-state index in [0.717, 1.165) is 6.07 Å². The lowest BCUT2D eigenvalue weighted by Crippen LogP contribution is -2.44. The number of ether oxygens (including phenoxy) is 1. The Morgan fingerprint density at radius 1 is 1.14 bits per heavy atom. The Labute approximate surface area is 112 Å². The maximum absolute atomic E-state index is 13.2. The first-order valence-corrected chi connectivity index (χ1v) is 5.19. The van der Waals surface area contributed by atoms with E-state index in [1.807, 2.05) is 0 Å². The van der Waals surface area contributed by atoms with Crippen molar-refractivity contribution >= 4 is 5.97 Å². The highest BCUT2D eigenvalue weighted by atomic mass is 19.4. The van der Waals surface area contributed by atoms with Gasteiger partial charge in [0.15, 0.2) is 0 Å². The largest absolute Gasteiger partial charge is 0.478 e. The molecule has 0 fully saturated rings. The van der Waals surface area contributed by atoms with Gasteiger partial charge in [0.25, 0.3) is 0 Å². The summed E-state index contributed by atoms with van der Waals surface area (Å²) in [5, 5.41) is 8.61. The van der Waals surface area contributed by atoms with Gasteiger partial charge in [-0.2, -0.15) is 26.3 Å². The van der Waals surface area contributed by atoms with Crippen LogP contribution in [0, 0.1) is 5.82 Å². The zero-order valence-corrected chi connectivity index (χ0v) is 9.93. The van der Waals surface area contributed by atoms with Crippen LogP contribution in [0.15, 0.2) is 18.2 Å². The topological polar surface area (TPSA) is 46.5 Å². The number of hydrogen-bond donors (Lipinski definition) is 1. The summed E-state index contributed by atoms with van der Waals surface area (Å²) in [7, 11) is 0. The van der Waals surface area contributed by atoms with Crippen molar-refractivity contribution in [1.29, 1.82) is 0 Å². The van der Waals surface area contributed by atoms with Crippen molar-refractivity contribution < 1.29 is 45.4 Å². The summed E-state index contributed by atoms with van der Waals surface area (Å²) in [6.07, 6.45) is -15.5. The molecule has 0 aliphatic carbocycles. The first-order chi connectivity index (χ1) is 9.43. The Kier molecular flexibility index (Phi) is 4.82. The predicted molar refractivity (Wildman–Crippen MR) is 54.0 cm³/mol. The standard InChI is InChI=1S/C11H7F7O3/c12-7-2-1-5(8(19)20)3-6(7)4-21-9(10(13,14)15)11(16,17)18/h1-3,9H,4H2,(H,19,20). The summed E-state index contributed by atoms with van der Waals surface area (Å²) in [6, 6.07) is 2.02. The van der Waals surface area contributed by atoms with Crippen molar-refractivity contribution in [3.05, 3.63) is 35.1 Å². The smallest absolute Gasteiger partial charge is 0.423 e. The fourth-order valence-corrected chi connectivity index (χ4v) is 1.37. The van der Waals surface area contributed by atoms with E-state index in [4.69, 9.17) is 5.11 Å². The van der Waals surface area contributed by atoms with Crippen LogP contribution in [-0.4, -0.2) is 29.5 Å². The molecule has 1 aromatic carbocycles. The first-order valence-electron chi connectivity index (χ1n) is 5.19. The van der Waals surface area contributed by atoms with Gasteiger partial charge in [-0.15, -0.1) is 0 Å². The molecule has 0 saturated heterocycles. The predicted octanol–water partition coefficient (Wildman–Crippen LogP) is 3.53. The van der Waals surface area contributed by atoms with E-state index in [9.17, 15) is 35.5 Å². The molecule has 0 saturated carbocycles. The van der Waals surface area contributed by atoms with E-state index in [-0.39, 0.29) is 0 Å². The van der Waals surface area contributed by atoms with Crippen LogP contribution in [0.25, 0.3) is 0 Å². The lowest BCUT2D eigenvalue weighted by molar-refractivity contribution is -0.324. The van der Waals surface area contributed by atoms with E-state index in [2.05, 4.69) is 4.74 Å². The average Bonchev–Trinajstić information content (AvgIpc) is 2.27. The highest BCUT2D eigenvalue weighted by molar-refractivity contribution is 5.87. The molecule has 0 aliphatic heterocycles. The second kappa shape index (κ2) is 5.88.